The molecule has 0 bridgehead atoms. The molecule has 1 unspecified atom stereocenters. The minimum absolute atomic E-state index is 0.199. The summed E-state index contributed by atoms with van der Waals surface area (Å²) in [6.45, 7) is 5.40. The van der Waals surface area contributed by atoms with E-state index in [-0.39, 0.29) is 5.56 Å². The van der Waals surface area contributed by atoms with Crippen LogP contribution in [-0.2, 0) is 11.3 Å². The number of rotatable bonds is 4. The van der Waals surface area contributed by atoms with Gasteiger partial charge in [-0.2, -0.15) is 0 Å². The highest BCUT2D eigenvalue weighted by atomic mass is 32.1. The largest absolute Gasteiger partial charge is 0.465 e. The second-order valence-electron chi connectivity index (χ2n) is 7.28. The summed E-state index contributed by atoms with van der Waals surface area (Å²) in [5.41, 5.74) is 2.98. The number of nitrogens with zero attached hydrogens (tertiary/aromatic N) is 2. The lowest BCUT2D eigenvalue weighted by Crippen LogP contribution is -2.25. The van der Waals surface area contributed by atoms with Crippen molar-refractivity contribution in [1.29, 1.82) is 0 Å². The molecule has 0 aliphatic carbocycles. The molecular formula is C21H23N3O3S. The van der Waals surface area contributed by atoms with Gasteiger partial charge in [0.1, 0.15) is 15.5 Å². The molecule has 1 aromatic carbocycles. The van der Waals surface area contributed by atoms with Gasteiger partial charge in [-0.05, 0) is 44.4 Å². The maximum absolute atomic E-state index is 12.6. The zero-order valence-corrected chi connectivity index (χ0v) is 17.1. The van der Waals surface area contributed by atoms with Crippen molar-refractivity contribution in [1.82, 2.24) is 14.9 Å². The number of H-pyrrole nitrogens is 1. The van der Waals surface area contributed by atoms with E-state index in [1.165, 1.54) is 29.6 Å². The number of ether oxygens (including phenoxy) is 1. The summed E-state index contributed by atoms with van der Waals surface area (Å²) in [6.07, 6.45) is 2.22. The number of methoxy groups -OCH3 is 1. The predicted octanol–water partition coefficient (Wildman–Crippen LogP) is 3.73. The lowest BCUT2D eigenvalue weighted by atomic mass is 10.0. The summed E-state index contributed by atoms with van der Waals surface area (Å²) in [7, 11) is 1.34. The van der Waals surface area contributed by atoms with Crippen LogP contribution < -0.4 is 5.56 Å². The third-order valence-corrected chi connectivity index (χ3v) is 6.56. The normalized spacial score (nSPS) is 17.3. The SMILES string of the molecule is COC(=O)c1sc2nc(CN3CCCC3c3ccc(C)cc3)[nH]c(=O)c2c1C. The van der Waals surface area contributed by atoms with Crippen molar-refractivity contribution >= 4 is 27.5 Å². The molecule has 3 aromatic rings. The molecule has 1 N–H and O–H groups in total. The lowest BCUT2D eigenvalue weighted by Gasteiger charge is -2.24. The molecule has 2 aromatic heterocycles. The van der Waals surface area contributed by atoms with Crippen LogP contribution in [0, 0.1) is 13.8 Å². The van der Waals surface area contributed by atoms with E-state index in [1.807, 2.05) is 0 Å². The van der Waals surface area contributed by atoms with Crippen LogP contribution in [0.25, 0.3) is 10.2 Å². The number of nitrogens with one attached hydrogen (secondary N) is 1. The minimum atomic E-state index is -0.430. The van der Waals surface area contributed by atoms with Crippen molar-refractivity contribution in [3.63, 3.8) is 0 Å². The highest BCUT2D eigenvalue weighted by Gasteiger charge is 2.27. The van der Waals surface area contributed by atoms with Gasteiger partial charge in [0.25, 0.3) is 5.56 Å². The van der Waals surface area contributed by atoms with Crippen molar-refractivity contribution in [2.45, 2.75) is 39.3 Å². The molecule has 0 spiro atoms. The van der Waals surface area contributed by atoms with Gasteiger partial charge in [0.15, 0.2) is 0 Å². The van der Waals surface area contributed by atoms with Crippen LogP contribution in [0.5, 0.6) is 0 Å². The minimum Gasteiger partial charge on any atom is -0.465 e. The van der Waals surface area contributed by atoms with E-state index in [2.05, 4.69) is 46.1 Å². The fraction of sp³-hybridized carbons (Fsp3) is 0.381. The molecule has 4 rings (SSSR count). The van der Waals surface area contributed by atoms with Crippen molar-refractivity contribution in [3.05, 3.63) is 62.0 Å². The van der Waals surface area contributed by atoms with E-state index in [0.29, 0.717) is 39.1 Å². The maximum Gasteiger partial charge on any atom is 0.348 e. The summed E-state index contributed by atoms with van der Waals surface area (Å²) >= 11 is 1.22. The first-order chi connectivity index (χ1) is 13.5. The molecule has 0 radical (unpaired) electrons. The molecule has 1 fully saturated rings. The summed E-state index contributed by atoms with van der Waals surface area (Å²) in [6, 6.07) is 8.98. The molecule has 1 saturated heterocycles. The molecule has 0 saturated carbocycles. The van der Waals surface area contributed by atoms with E-state index < -0.39 is 5.97 Å². The van der Waals surface area contributed by atoms with Gasteiger partial charge in [-0.3, -0.25) is 9.69 Å². The quantitative estimate of drug-likeness (QED) is 0.679. The number of aryl methyl sites for hydroxylation is 2. The van der Waals surface area contributed by atoms with E-state index in [9.17, 15) is 9.59 Å². The molecule has 6 nitrogen and oxygen atoms in total. The van der Waals surface area contributed by atoms with Crippen molar-refractivity contribution in [2.75, 3.05) is 13.7 Å². The molecule has 1 aliphatic rings. The van der Waals surface area contributed by atoms with Gasteiger partial charge in [0, 0.05) is 6.04 Å². The van der Waals surface area contributed by atoms with Gasteiger partial charge in [0.2, 0.25) is 0 Å². The molecule has 146 valence electrons. The Hall–Kier alpha value is -2.51. The number of benzene rings is 1. The predicted molar refractivity (Wildman–Crippen MR) is 110 cm³/mol. The molecular weight excluding hydrogens is 374 g/mol. The smallest absolute Gasteiger partial charge is 0.348 e. The number of thiophene rings is 1. The van der Waals surface area contributed by atoms with Gasteiger partial charge in [-0.25, -0.2) is 9.78 Å². The summed E-state index contributed by atoms with van der Waals surface area (Å²) in [5.74, 6) is 0.203. The first-order valence-corrected chi connectivity index (χ1v) is 10.2. The molecule has 0 amide bonds. The van der Waals surface area contributed by atoms with Crippen LogP contribution in [-0.4, -0.2) is 34.5 Å². The van der Waals surface area contributed by atoms with Crippen LogP contribution >= 0.6 is 11.3 Å². The zero-order valence-electron chi connectivity index (χ0n) is 16.2. The van der Waals surface area contributed by atoms with E-state index >= 15 is 0 Å². The Labute approximate surface area is 167 Å². The summed E-state index contributed by atoms with van der Waals surface area (Å²) < 4.78 is 4.82. The Kier molecular flexibility index (Phi) is 5.03. The second-order valence-corrected chi connectivity index (χ2v) is 8.28. The van der Waals surface area contributed by atoms with Crippen molar-refractivity contribution in [3.8, 4) is 0 Å². The van der Waals surface area contributed by atoms with Crippen molar-refractivity contribution in [2.24, 2.45) is 0 Å². The monoisotopic (exact) mass is 397 g/mol. The Morgan fingerprint density at radius 3 is 2.79 bits per heavy atom. The first-order valence-electron chi connectivity index (χ1n) is 9.39. The average Bonchev–Trinajstić information content (AvgIpc) is 3.26. The first kappa shape index (κ1) is 18.8. The number of esters is 1. The molecule has 7 heteroatoms. The van der Waals surface area contributed by atoms with Gasteiger partial charge in [0.05, 0.1) is 19.0 Å². The van der Waals surface area contributed by atoms with Crippen molar-refractivity contribution < 1.29 is 9.53 Å². The molecule has 3 heterocycles. The lowest BCUT2D eigenvalue weighted by molar-refractivity contribution is 0.0605. The fourth-order valence-corrected chi connectivity index (χ4v) is 5.04. The number of aromatic nitrogens is 2. The average molecular weight is 398 g/mol. The van der Waals surface area contributed by atoms with E-state index in [1.54, 1.807) is 6.92 Å². The standard InChI is InChI=1S/C21H23N3O3S/c1-12-6-8-14(9-7-12)15-5-4-10-24(15)11-16-22-19(25)17-13(2)18(21(26)27-3)28-20(17)23-16/h6-9,15H,4-5,10-11H2,1-3H3,(H,22,23,25). The number of likely N-dealkylation sites (tertiary alicyclic amines) is 1. The van der Waals surface area contributed by atoms with Crippen LogP contribution in [0.4, 0.5) is 0 Å². The van der Waals surface area contributed by atoms with E-state index in [0.717, 1.165) is 19.4 Å². The Bertz CT molecular complexity index is 1080. The maximum atomic E-state index is 12.6. The highest BCUT2D eigenvalue weighted by Crippen LogP contribution is 2.33. The number of carbonyl (C=O) groups excluding carboxylic acids is 1. The van der Waals surface area contributed by atoms with Crippen LogP contribution in [0.3, 0.4) is 0 Å². The van der Waals surface area contributed by atoms with Crippen LogP contribution in [0.15, 0.2) is 29.1 Å². The number of aromatic amines is 1. The topological polar surface area (TPSA) is 75.3 Å². The fourth-order valence-electron chi connectivity index (χ4n) is 3.92. The third kappa shape index (κ3) is 3.36. The summed E-state index contributed by atoms with van der Waals surface area (Å²) in [5, 5.41) is 0.477. The van der Waals surface area contributed by atoms with Crippen LogP contribution in [0.2, 0.25) is 0 Å². The number of hydrogen-bond acceptors (Lipinski definition) is 6. The van der Waals surface area contributed by atoms with Gasteiger partial charge in [-0.1, -0.05) is 29.8 Å². The second kappa shape index (κ2) is 7.48. The Balaban J connectivity index is 1.65. The van der Waals surface area contributed by atoms with Gasteiger partial charge in [-0.15, -0.1) is 11.3 Å². The highest BCUT2D eigenvalue weighted by molar-refractivity contribution is 7.20. The van der Waals surface area contributed by atoms with Gasteiger partial charge < -0.3 is 9.72 Å². The molecule has 28 heavy (non-hydrogen) atoms. The summed E-state index contributed by atoms with van der Waals surface area (Å²) in [4.78, 5) is 35.5. The number of hydrogen-bond donors (Lipinski definition) is 1. The number of fused-ring (bicyclic) bond motifs is 1. The Morgan fingerprint density at radius 2 is 2.07 bits per heavy atom. The number of carbonyl (C=O) groups is 1. The molecule has 1 aliphatic heterocycles. The Morgan fingerprint density at radius 1 is 1.32 bits per heavy atom. The van der Waals surface area contributed by atoms with Crippen LogP contribution in [0.1, 0.15) is 51.1 Å². The third-order valence-electron chi connectivity index (χ3n) is 5.40. The van der Waals surface area contributed by atoms with E-state index in [4.69, 9.17) is 4.74 Å². The van der Waals surface area contributed by atoms with Gasteiger partial charge >= 0.3 is 5.97 Å². The zero-order chi connectivity index (χ0) is 19.8. The molecule has 1 atom stereocenters.